The fourth-order valence-corrected chi connectivity index (χ4v) is 4.10. The minimum atomic E-state index is 0.0771. The van der Waals surface area contributed by atoms with Crippen LogP contribution in [-0.4, -0.2) is 43.5 Å². The summed E-state index contributed by atoms with van der Waals surface area (Å²) >= 11 is 0. The van der Waals surface area contributed by atoms with E-state index in [0.717, 1.165) is 29.8 Å². The van der Waals surface area contributed by atoms with Gasteiger partial charge in [-0.3, -0.25) is 14.2 Å². The maximum Gasteiger partial charge on any atom is 0.272 e. The third kappa shape index (κ3) is 3.59. The number of aryl methyl sites for hydroxylation is 2. The second kappa shape index (κ2) is 7.85. The predicted molar refractivity (Wildman–Crippen MR) is 114 cm³/mol. The van der Waals surface area contributed by atoms with E-state index in [2.05, 4.69) is 31.1 Å². The van der Waals surface area contributed by atoms with E-state index in [-0.39, 0.29) is 5.91 Å². The Bertz CT molecular complexity index is 1020. The van der Waals surface area contributed by atoms with E-state index < -0.39 is 0 Å². The van der Waals surface area contributed by atoms with E-state index in [9.17, 15) is 4.79 Å². The van der Waals surface area contributed by atoms with Gasteiger partial charge in [0.15, 0.2) is 0 Å². The number of hydrogen-bond acceptors (Lipinski definition) is 3. The summed E-state index contributed by atoms with van der Waals surface area (Å²) in [6.07, 6.45) is 1.63. The molecule has 29 heavy (non-hydrogen) atoms. The molecule has 0 saturated carbocycles. The highest BCUT2D eigenvalue weighted by molar-refractivity contribution is 5.93. The molecule has 0 aliphatic carbocycles. The second-order valence-corrected chi connectivity index (χ2v) is 7.98. The molecule has 0 radical (unpaired) electrons. The van der Waals surface area contributed by atoms with E-state index in [0.29, 0.717) is 31.2 Å². The van der Waals surface area contributed by atoms with Gasteiger partial charge < -0.3 is 4.90 Å². The molecule has 0 bridgehead atoms. The second-order valence-electron chi connectivity index (χ2n) is 7.98. The fourth-order valence-electron chi connectivity index (χ4n) is 4.10. The highest BCUT2D eigenvalue weighted by Gasteiger charge is 2.27. The summed E-state index contributed by atoms with van der Waals surface area (Å²) in [5, 5.41) is 9.40. The molecule has 0 atom stereocenters. The van der Waals surface area contributed by atoms with Crippen molar-refractivity contribution in [3.05, 3.63) is 59.0 Å². The highest BCUT2D eigenvalue weighted by Crippen LogP contribution is 2.28. The van der Waals surface area contributed by atoms with Crippen molar-refractivity contribution in [1.82, 2.24) is 24.5 Å². The van der Waals surface area contributed by atoms with Crippen LogP contribution in [0.2, 0.25) is 0 Å². The molecule has 3 aromatic rings. The van der Waals surface area contributed by atoms with Crippen molar-refractivity contribution in [2.24, 2.45) is 7.05 Å². The lowest BCUT2D eigenvalue weighted by molar-refractivity contribution is 0.0750. The first kappa shape index (κ1) is 19.4. The lowest BCUT2D eigenvalue weighted by atomic mass is 10.0. The summed E-state index contributed by atoms with van der Waals surface area (Å²) < 4.78 is 3.82. The number of carbonyl (C=O) groups excluding carboxylic acids is 1. The van der Waals surface area contributed by atoms with Crippen molar-refractivity contribution >= 4 is 5.91 Å². The molecule has 4 rings (SSSR count). The molecule has 0 spiro atoms. The molecular weight excluding hydrogens is 362 g/mol. The zero-order valence-electron chi connectivity index (χ0n) is 17.7. The molecule has 0 unspecified atom stereocenters. The first-order valence-electron chi connectivity index (χ1n) is 10.5. The van der Waals surface area contributed by atoms with Gasteiger partial charge in [0.1, 0.15) is 5.69 Å². The van der Waals surface area contributed by atoms with E-state index in [1.54, 1.807) is 0 Å². The maximum atomic E-state index is 13.3. The Morgan fingerprint density at radius 2 is 1.83 bits per heavy atom. The summed E-state index contributed by atoms with van der Waals surface area (Å²) in [6, 6.07) is 12.3. The van der Waals surface area contributed by atoms with Crippen LogP contribution in [0, 0.1) is 0 Å². The van der Waals surface area contributed by atoms with Gasteiger partial charge in [-0.25, -0.2) is 0 Å². The van der Waals surface area contributed by atoms with E-state index >= 15 is 0 Å². The molecule has 1 amide bonds. The summed E-state index contributed by atoms with van der Waals surface area (Å²) in [5.74, 6) is 0.385. The minimum Gasteiger partial charge on any atom is -0.337 e. The molecule has 2 aromatic heterocycles. The largest absolute Gasteiger partial charge is 0.337 e. The smallest absolute Gasteiger partial charge is 0.272 e. The normalized spacial score (nSPS) is 14.2. The summed E-state index contributed by atoms with van der Waals surface area (Å²) in [5.41, 5.74) is 6.34. The van der Waals surface area contributed by atoms with Crippen LogP contribution in [0.1, 0.15) is 54.1 Å². The van der Waals surface area contributed by atoms with Crippen LogP contribution in [0.5, 0.6) is 0 Å². The van der Waals surface area contributed by atoms with Gasteiger partial charge in [0.05, 0.1) is 11.4 Å². The zero-order valence-corrected chi connectivity index (χ0v) is 17.7. The van der Waals surface area contributed by atoms with E-state index in [1.807, 2.05) is 52.5 Å². The SMILES string of the molecule is CCn1nc(C(C)C)cc1C(=O)N1CCc2c(-c3ccccc3)nn(C)c2CC1. The highest BCUT2D eigenvalue weighted by atomic mass is 16.2. The Hall–Kier alpha value is -2.89. The first-order valence-corrected chi connectivity index (χ1v) is 10.5. The molecule has 1 aliphatic rings. The standard InChI is InChI=1S/C23H29N5O/c1-5-28-21(15-19(24-28)16(2)3)23(29)27-13-11-18-20(12-14-27)26(4)25-22(18)17-9-7-6-8-10-17/h6-10,15-16H,5,11-14H2,1-4H3. The Morgan fingerprint density at radius 1 is 1.10 bits per heavy atom. The van der Waals surface area contributed by atoms with Gasteiger partial charge in [-0.2, -0.15) is 10.2 Å². The van der Waals surface area contributed by atoms with Crippen LogP contribution >= 0.6 is 0 Å². The van der Waals surface area contributed by atoms with Gasteiger partial charge in [0, 0.05) is 49.9 Å². The molecular formula is C23H29N5O. The van der Waals surface area contributed by atoms with E-state index in [4.69, 9.17) is 5.10 Å². The van der Waals surface area contributed by atoms with E-state index in [1.165, 1.54) is 11.3 Å². The first-order chi connectivity index (χ1) is 14.0. The van der Waals surface area contributed by atoms with Gasteiger partial charge >= 0.3 is 0 Å². The third-order valence-electron chi connectivity index (χ3n) is 5.77. The van der Waals surface area contributed by atoms with Crippen molar-refractivity contribution in [3.8, 4) is 11.3 Å². The average molecular weight is 392 g/mol. The lowest BCUT2D eigenvalue weighted by Gasteiger charge is -2.20. The Kier molecular flexibility index (Phi) is 5.26. The summed E-state index contributed by atoms with van der Waals surface area (Å²) in [6.45, 7) is 8.34. The number of fused-ring (bicyclic) bond motifs is 1. The zero-order chi connectivity index (χ0) is 20.5. The summed E-state index contributed by atoms with van der Waals surface area (Å²) in [4.78, 5) is 15.3. The number of nitrogens with zero attached hydrogens (tertiary/aromatic N) is 5. The molecule has 0 fully saturated rings. The van der Waals surface area contributed by atoms with Crippen molar-refractivity contribution in [3.63, 3.8) is 0 Å². The number of amides is 1. The molecule has 3 heterocycles. The lowest BCUT2D eigenvalue weighted by Crippen LogP contribution is -2.35. The maximum absolute atomic E-state index is 13.3. The number of rotatable bonds is 4. The minimum absolute atomic E-state index is 0.0771. The van der Waals surface area contributed by atoms with Crippen molar-refractivity contribution in [2.75, 3.05) is 13.1 Å². The van der Waals surface area contributed by atoms with Crippen molar-refractivity contribution in [1.29, 1.82) is 0 Å². The Balaban J connectivity index is 1.60. The molecule has 1 aliphatic heterocycles. The molecule has 152 valence electrons. The Morgan fingerprint density at radius 3 is 2.52 bits per heavy atom. The van der Waals surface area contributed by atoms with Crippen molar-refractivity contribution < 1.29 is 4.79 Å². The molecule has 1 aromatic carbocycles. The van der Waals surface area contributed by atoms with Gasteiger partial charge in [0.2, 0.25) is 0 Å². The number of carbonyl (C=O) groups is 1. The number of aromatic nitrogens is 4. The molecule has 6 nitrogen and oxygen atoms in total. The summed E-state index contributed by atoms with van der Waals surface area (Å²) in [7, 11) is 2.00. The third-order valence-corrected chi connectivity index (χ3v) is 5.77. The van der Waals surface area contributed by atoms with Gasteiger partial charge in [-0.1, -0.05) is 44.2 Å². The van der Waals surface area contributed by atoms with Crippen LogP contribution in [0.3, 0.4) is 0 Å². The predicted octanol–water partition coefficient (Wildman–Crippen LogP) is 3.67. The average Bonchev–Trinajstić information content (AvgIpc) is 3.22. The fraction of sp³-hybridized carbons (Fsp3) is 0.435. The number of benzene rings is 1. The van der Waals surface area contributed by atoms with Crippen LogP contribution in [0.25, 0.3) is 11.3 Å². The monoisotopic (exact) mass is 391 g/mol. The van der Waals surface area contributed by atoms with Gasteiger partial charge in [0.25, 0.3) is 5.91 Å². The topological polar surface area (TPSA) is 56.0 Å². The van der Waals surface area contributed by atoms with Crippen molar-refractivity contribution in [2.45, 2.75) is 46.1 Å². The van der Waals surface area contributed by atoms with Crippen LogP contribution in [0.15, 0.2) is 36.4 Å². The van der Waals surface area contributed by atoms with Gasteiger partial charge in [-0.15, -0.1) is 0 Å². The van der Waals surface area contributed by atoms with Crippen LogP contribution in [-0.2, 0) is 26.4 Å². The van der Waals surface area contributed by atoms with Gasteiger partial charge in [-0.05, 0) is 25.3 Å². The quantitative estimate of drug-likeness (QED) is 0.682. The van der Waals surface area contributed by atoms with Crippen LogP contribution in [0.4, 0.5) is 0 Å². The molecule has 0 saturated heterocycles. The molecule has 6 heteroatoms. The van der Waals surface area contributed by atoms with Crippen LogP contribution < -0.4 is 0 Å². The Labute approximate surface area is 172 Å². The molecule has 0 N–H and O–H groups in total. The number of hydrogen-bond donors (Lipinski definition) is 0.